The Hall–Kier alpha value is -3.66. The van der Waals surface area contributed by atoms with E-state index in [0.29, 0.717) is 6.54 Å². The molecule has 0 aliphatic carbocycles. The second-order valence-corrected chi connectivity index (χ2v) is 7.09. The van der Waals surface area contributed by atoms with Crippen LogP contribution in [0.15, 0.2) is 97.6 Å². The number of benzene rings is 3. The Morgan fingerprint density at radius 1 is 1.00 bits per heavy atom. The maximum atomic E-state index is 12.6. The molecule has 1 amide bonds. The number of carbonyl (C=O) groups excluding carboxylic acids is 1. The molecule has 4 aromatic rings. The number of aromatic nitrogens is 2. The summed E-state index contributed by atoms with van der Waals surface area (Å²) in [7, 11) is 0. The lowest BCUT2D eigenvalue weighted by molar-refractivity contribution is -0.117. The molecular weight excluding hydrogens is 358 g/mol. The average Bonchev–Trinajstić information content (AvgIpc) is 3.26. The second-order valence-electron chi connectivity index (χ2n) is 7.09. The molecule has 0 bridgehead atoms. The molecule has 0 aliphatic heterocycles. The number of imidazole rings is 1. The zero-order chi connectivity index (χ0) is 19.9. The summed E-state index contributed by atoms with van der Waals surface area (Å²) >= 11 is 0. The Morgan fingerprint density at radius 2 is 1.79 bits per heavy atom. The summed E-state index contributed by atoms with van der Waals surface area (Å²) in [5.41, 5.74) is 2.20. The van der Waals surface area contributed by atoms with Gasteiger partial charge in [0.1, 0.15) is 0 Å². The van der Waals surface area contributed by atoms with Gasteiger partial charge < -0.3 is 9.88 Å². The van der Waals surface area contributed by atoms with Crippen LogP contribution in [0.3, 0.4) is 0 Å². The summed E-state index contributed by atoms with van der Waals surface area (Å²) in [6, 6.07) is 24.6. The molecule has 0 spiro atoms. The van der Waals surface area contributed by atoms with Crippen LogP contribution in [0, 0.1) is 0 Å². The molecular formula is C25H23N3O. The Kier molecular flexibility index (Phi) is 5.81. The van der Waals surface area contributed by atoms with Gasteiger partial charge in [0.2, 0.25) is 5.91 Å². The van der Waals surface area contributed by atoms with Crippen LogP contribution < -0.4 is 5.32 Å². The summed E-state index contributed by atoms with van der Waals surface area (Å²) in [6.45, 7) is 0.671. The van der Waals surface area contributed by atoms with Crippen molar-refractivity contribution in [3.8, 4) is 0 Å². The first-order chi connectivity index (χ1) is 14.3. The van der Waals surface area contributed by atoms with E-state index in [4.69, 9.17) is 0 Å². The van der Waals surface area contributed by atoms with Crippen LogP contribution in [-0.4, -0.2) is 21.5 Å². The van der Waals surface area contributed by atoms with Gasteiger partial charge in [-0.1, -0.05) is 66.7 Å². The molecule has 1 aromatic heterocycles. The first kappa shape index (κ1) is 18.7. The van der Waals surface area contributed by atoms with Crippen molar-refractivity contribution in [2.24, 2.45) is 0 Å². The molecule has 4 heteroatoms. The first-order valence-electron chi connectivity index (χ1n) is 9.73. The van der Waals surface area contributed by atoms with Crippen LogP contribution in [0.25, 0.3) is 16.8 Å². The van der Waals surface area contributed by atoms with E-state index < -0.39 is 0 Å². The Morgan fingerprint density at radius 3 is 2.59 bits per heavy atom. The van der Waals surface area contributed by atoms with E-state index in [1.54, 1.807) is 18.6 Å². The maximum absolute atomic E-state index is 12.6. The molecule has 0 saturated heterocycles. The van der Waals surface area contributed by atoms with E-state index in [0.717, 1.165) is 17.4 Å². The van der Waals surface area contributed by atoms with Gasteiger partial charge >= 0.3 is 0 Å². The first-order valence-corrected chi connectivity index (χ1v) is 9.73. The SMILES string of the molecule is O=C(/C=C/c1ccc2ccccc2c1)NC(Cc1ccccc1)Cn1ccnc1. The van der Waals surface area contributed by atoms with Gasteiger partial charge in [0.15, 0.2) is 0 Å². The fourth-order valence-corrected chi connectivity index (χ4v) is 3.44. The van der Waals surface area contributed by atoms with Gasteiger partial charge in [0.25, 0.3) is 0 Å². The smallest absolute Gasteiger partial charge is 0.244 e. The van der Waals surface area contributed by atoms with E-state index >= 15 is 0 Å². The molecule has 1 heterocycles. The van der Waals surface area contributed by atoms with Crippen molar-refractivity contribution < 1.29 is 4.79 Å². The third kappa shape index (κ3) is 5.20. The Labute approximate surface area is 170 Å². The molecule has 29 heavy (non-hydrogen) atoms. The van der Waals surface area contributed by atoms with Gasteiger partial charge in [-0.2, -0.15) is 0 Å². The highest BCUT2D eigenvalue weighted by atomic mass is 16.1. The fraction of sp³-hybridized carbons (Fsp3) is 0.120. The predicted octanol–water partition coefficient (Wildman–Crippen LogP) is 4.48. The van der Waals surface area contributed by atoms with Crippen LogP contribution in [0.2, 0.25) is 0 Å². The largest absolute Gasteiger partial charge is 0.348 e. The summed E-state index contributed by atoms with van der Waals surface area (Å²) in [5, 5.41) is 5.49. The number of fused-ring (bicyclic) bond motifs is 1. The molecule has 4 rings (SSSR count). The third-order valence-corrected chi connectivity index (χ3v) is 4.86. The van der Waals surface area contributed by atoms with Gasteiger partial charge in [-0.05, 0) is 40.5 Å². The van der Waals surface area contributed by atoms with E-state index in [1.165, 1.54) is 10.9 Å². The Bertz CT molecular complexity index is 1100. The van der Waals surface area contributed by atoms with E-state index in [-0.39, 0.29) is 11.9 Å². The highest BCUT2D eigenvalue weighted by Gasteiger charge is 2.12. The van der Waals surface area contributed by atoms with E-state index in [1.807, 2.05) is 53.2 Å². The maximum Gasteiger partial charge on any atom is 0.244 e. The van der Waals surface area contributed by atoms with Crippen LogP contribution in [0.5, 0.6) is 0 Å². The van der Waals surface area contributed by atoms with Crippen molar-refractivity contribution in [2.75, 3.05) is 0 Å². The number of nitrogens with one attached hydrogen (secondary N) is 1. The molecule has 1 unspecified atom stereocenters. The van der Waals surface area contributed by atoms with Gasteiger partial charge in [-0.25, -0.2) is 4.98 Å². The van der Waals surface area contributed by atoms with Gasteiger partial charge in [0, 0.05) is 25.0 Å². The molecule has 1 N–H and O–H groups in total. The molecule has 0 fully saturated rings. The minimum atomic E-state index is -0.0980. The van der Waals surface area contributed by atoms with Crippen LogP contribution in [0.1, 0.15) is 11.1 Å². The highest BCUT2D eigenvalue weighted by Crippen LogP contribution is 2.16. The third-order valence-electron chi connectivity index (χ3n) is 4.86. The quantitative estimate of drug-likeness (QED) is 0.480. The number of nitrogens with zero attached hydrogens (tertiary/aromatic N) is 2. The van der Waals surface area contributed by atoms with Gasteiger partial charge in [0.05, 0.1) is 12.4 Å². The van der Waals surface area contributed by atoms with Crippen molar-refractivity contribution in [3.05, 3.63) is 109 Å². The number of carbonyl (C=O) groups is 1. The molecule has 0 saturated carbocycles. The zero-order valence-corrected chi connectivity index (χ0v) is 16.1. The minimum Gasteiger partial charge on any atom is -0.348 e. The lowest BCUT2D eigenvalue weighted by Gasteiger charge is -2.18. The summed E-state index contributed by atoms with van der Waals surface area (Å²) in [4.78, 5) is 16.7. The number of hydrogen-bond acceptors (Lipinski definition) is 2. The molecule has 0 aliphatic rings. The van der Waals surface area contributed by atoms with Crippen molar-refractivity contribution in [1.82, 2.24) is 14.9 Å². The molecule has 4 nitrogen and oxygen atoms in total. The normalized spacial score (nSPS) is 12.3. The molecule has 0 radical (unpaired) electrons. The summed E-state index contributed by atoms with van der Waals surface area (Å²) in [6.07, 6.45) is 9.66. The second kappa shape index (κ2) is 9.02. The molecule has 144 valence electrons. The average molecular weight is 381 g/mol. The van der Waals surface area contributed by atoms with Crippen LogP contribution in [-0.2, 0) is 17.8 Å². The van der Waals surface area contributed by atoms with Crippen molar-refractivity contribution in [2.45, 2.75) is 19.0 Å². The minimum absolute atomic E-state index is 0.0275. The van der Waals surface area contributed by atoms with Crippen molar-refractivity contribution in [1.29, 1.82) is 0 Å². The van der Waals surface area contributed by atoms with Crippen molar-refractivity contribution >= 4 is 22.8 Å². The fourth-order valence-electron chi connectivity index (χ4n) is 3.44. The van der Waals surface area contributed by atoms with E-state index in [9.17, 15) is 4.79 Å². The van der Waals surface area contributed by atoms with Crippen LogP contribution in [0.4, 0.5) is 0 Å². The predicted molar refractivity (Wildman–Crippen MR) is 117 cm³/mol. The lowest BCUT2D eigenvalue weighted by Crippen LogP contribution is -2.38. The molecule has 1 atom stereocenters. The van der Waals surface area contributed by atoms with Crippen LogP contribution >= 0.6 is 0 Å². The summed E-state index contributed by atoms with van der Waals surface area (Å²) in [5.74, 6) is -0.0980. The molecule has 3 aromatic carbocycles. The highest BCUT2D eigenvalue weighted by molar-refractivity contribution is 5.93. The standard InChI is InChI=1S/C25H23N3O/c29-25(13-11-21-10-12-22-8-4-5-9-23(22)16-21)27-24(18-28-15-14-26-19-28)17-20-6-2-1-3-7-20/h1-16,19,24H,17-18H2,(H,27,29)/b13-11+. The number of rotatable bonds is 7. The number of hydrogen-bond donors (Lipinski definition) is 1. The summed E-state index contributed by atoms with van der Waals surface area (Å²) < 4.78 is 1.99. The topological polar surface area (TPSA) is 46.9 Å². The van der Waals surface area contributed by atoms with E-state index in [2.05, 4.69) is 46.7 Å². The van der Waals surface area contributed by atoms with Crippen molar-refractivity contribution in [3.63, 3.8) is 0 Å². The number of amides is 1. The lowest BCUT2D eigenvalue weighted by atomic mass is 10.1. The Balaban J connectivity index is 1.45. The zero-order valence-electron chi connectivity index (χ0n) is 16.1. The van der Waals surface area contributed by atoms with Gasteiger partial charge in [-0.3, -0.25) is 4.79 Å². The van der Waals surface area contributed by atoms with Gasteiger partial charge in [-0.15, -0.1) is 0 Å². The monoisotopic (exact) mass is 381 g/mol.